The first-order chi connectivity index (χ1) is 8.99. The van der Waals surface area contributed by atoms with Gasteiger partial charge in [0.1, 0.15) is 0 Å². The van der Waals surface area contributed by atoms with Crippen molar-refractivity contribution >= 4 is 12.0 Å². The number of fused-ring (bicyclic) bond motifs is 2. The zero-order valence-corrected chi connectivity index (χ0v) is 10.3. The van der Waals surface area contributed by atoms with E-state index in [1.54, 1.807) is 6.07 Å². The Bertz CT molecular complexity index is 512. The van der Waals surface area contributed by atoms with Crippen LogP contribution in [0.3, 0.4) is 0 Å². The number of hydrogen-bond donors (Lipinski definition) is 0. The van der Waals surface area contributed by atoms with Crippen molar-refractivity contribution in [3.8, 4) is 0 Å². The van der Waals surface area contributed by atoms with Gasteiger partial charge in [-0.2, -0.15) is 13.2 Å². The van der Waals surface area contributed by atoms with E-state index in [9.17, 15) is 18.0 Å². The molecule has 1 heterocycles. The number of piperidine rings is 1. The van der Waals surface area contributed by atoms with Crippen molar-refractivity contribution in [3.63, 3.8) is 0 Å². The Hall–Kier alpha value is -1.52. The summed E-state index contributed by atoms with van der Waals surface area (Å²) in [4.78, 5) is 12.8. The van der Waals surface area contributed by atoms with Gasteiger partial charge in [-0.3, -0.25) is 4.79 Å². The van der Waals surface area contributed by atoms with Gasteiger partial charge in [0, 0.05) is 23.8 Å². The number of rotatable bonds is 2. The first-order valence-electron chi connectivity index (χ1n) is 6.42. The summed E-state index contributed by atoms with van der Waals surface area (Å²) in [5, 5.41) is 0. The molecule has 5 heteroatoms. The van der Waals surface area contributed by atoms with E-state index in [4.69, 9.17) is 0 Å². The number of hydrogen-bond acceptors (Lipinski definition) is 2. The number of aldehydes is 1. The van der Waals surface area contributed by atoms with Gasteiger partial charge in [-0.1, -0.05) is 0 Å². The fourth-order valence-corrected chi connectivity index (χ4v) is 3.31. The van der Waals surface area contributed by atoms with E-state index in [0.29, 0.717) is 17.6 Å². The van der Waals surface area contributed by atoms with Crippen molar-refractivity contribution in [2.45, 2.75) is 31.5 Å². The smallest absolute Gasteiger partial charge is 0.368 e. The quantitative estimate of drug-likeness (QED) is 0.766. The van der Waals surface area contributed by atoms with Gasteiger partial charge in [-0.05, 0) is 43.4 Å². The molecule has 2 atom stereocenters. The Balaban J connectivity index is 1.97. The minimum Gasteiger partial charge on any atom is -0.368 e. The molecule has 1 aromatic carbocycles. The van der Waals surface area contributed by atoms with Crippen molar-refractivity contribution in [1.29, 1.82) is 0 Å². The van der Waals surface area contributed by atoms with Gasteiger partial charge in [-0.15, -0.1) is 0 Å². The molecule has 2 aliphatic rings. The highest BCUT2D eigenvalue weighted by atomic mass is 19.4. The molecule has 0 N–H and O–H groups in total. The molecule has 19 heavy (non-hydrogen) atoms. The lowest BCUT2D eigenvalue weighted by Gasteiger charge is -2.30. The number of halogens is 3. The zero-order valence-electron chi connectivity index (χ0n) is 10.3. The summed E-state index contributed by atoms with van der Waals surface area (Å²) < 4.78 is 38.7. The number of carbonyl (C=O) groups is 1. The average molecular weight is 269 g/mol. The van der Waals surface area contributed by atoms with E-state index in [-0.39, 0.29) is 11.8 Å². The molecule has 1 aromatic rings. The molecule has 0 aromatic heterocycles. The molecule has 2 bridgehead atoms. The van der Waals surface area contributed by atoms with Crippen LogP contribution in [-0.2, 0) is 6.18 Å². The highest BCUT2D eigenvalue weighted by Crippen LogP contribution is 2.42. The largest absolute Gasteiger partial charge is 0.417 e. The first-order valence-corrected chi connectivity index (χ1v) is 6.42. The number of benzene rings is 1. The van der Waals surface area contributed by atoms with Crippen LogP contribution in [0.15, 0.2) is 18.2 Å². The van der Waals surface area contributed by atoms with Crippen LogP contribution in [0.25, 0.3) is 0 Å². The van der Waals surface area contributed by atoms with Gasteiger partial charge in [-0.25, -0.2) is 0 Å². The zero-order chi connectivity index (χ0) is 13.6. The predicted octanol–water partition coefficient (Wildman–Crippen LogP) is 3.51. The molecule has 2 fully saturated rings. The molecule has 1 saturated heterocycles. The van der Waals surface area contributed by atoms with E-state index < -0.39 is 11.7 Å². The number of alkyl halides is 3. The second-order valence-corrected chi connectivity index (χ2v) is 5.37. The van der Waals surface area contributed by atoms with Crippen LogP contribution in [0.4, 0.5) is 18.9 Å². The lowest BCUT2D eigenvalue weighted by atomic mass is 10.0. The summed E-state index contributed by atoms with van der Waals surface area (Å²) in [6.07, 6.45) is -0.897. The maximum absolute atomic E-state index is 12.9. The maximum atomic E-state index is 12.9. The molecular weight excluding hydrogens is 255 g/mol. The van der Waals surface area contributed by atoms with Gasteiger partial charge in [0.05, 0.1) is 5.56 Å². The summed E-state index contributed by atoms with van der Waals surface area (Å²) in [5.41, 5.74) is -0.534. The van der Waals surface area contributed by atoms with Crippen LogP contribution in [0.2, 0.25) is 0 Å². The second kappa shape index (κ2) is 4.25. The monoisotopic (exact) mass is 269 g/mol. The molecule has 2 nitrogen and oxygen atoms in total. The fourth-order valence-electron chi connectivity index (χ4n) is 3.31. The molecule has 102 valence electrons. The standard InChI is InChI=1S/C14H14F3NO/c15-14(16,17)13-6-12(4-2-10(13)8-19)18-7-9-1-3-11(18)5-9/h2,4,6,8-9,11H,1,3,5,7H2. The first kappa shape index (κ1) is 12.5. The third-order valence-electron chi connectivity index (χ3n) is 4.21. The molecular formula is C14H14F3NO. The van der Waals surface area contributed by atoms with Gasteiger partial charge in [0.2, 0.25) is 0 Å². The van der Waals surface area contributed by atoms with Crippen LogP contribution in [0.5, 0.6) is 0 Å². The Morgan fingerprint density at radius 3 is 2.58 bits per heavy atom. The summed E-state index contributed by atoms with van der Waals surface area (Å²) >= 11 is 0. The normalized spacial score (nSPS) is 25.9. The Morgan fingerprint density at radius 1 is 1.26 bits per heavy atom. The minimum atomic E-state index is -4.48. The molecule has 2 unspecified atom stereocenters. The fraction of sp³-hybridized carbons (Fsp3) is 0.500. The molecule has 1 aliphatic heterocycles. The van der Waals surface area contributed by atoms with Gasteiger partial charge in [0.25, 0.3) is 0 Å². The van der Waals surface area contributed by atoms with Crippen LogP contribution in [0.1, 0.15) is 35.2 Å². The number of carbonyl (C=O) groups excluding carboxylic acids is 1. The Morgan fingerprint density at radius 2 is 2.05 bits per heavy atom. The van der Waals surface area contributed by atoms with Gasteiger partial charge < -0.3 is 4.90 Å². The van der Waals surface area contributed by atoms with Crippen molar-refractivity contribution in [3.05, 3.63) is 29.3 Å². The molecule has 0 amide bonds. The van der Waals surface area contributed by atoms with E-state index in [2.05, 4.69) is 4.90 Å². The van der Waals surface area contributed by atoms with E-state index in [1.165, 1.54) is 12.5 Å². The van der Waals surface area contributed by atoms with Crippen molar-refractivity contribution in [2.75, 3.05) is 11.4 Å². The SMILES string of the molecule is O=Cc1ccc(N2CC3CCC2C3)cc1C(F)(F)F. The lowest BCUT2D eigenvalue weighted by molar-refractivity contribution is -0.137. The molecule has 1 aliphatic carbocycles. The van der Waals surface area contributed by atoms with Crippen molar-refractivity contribution in [1.82, 2.24) is 0 Å². The highest BCUT2D eigenvalue weighted by Gasteiger charge is 2.39. The summed E-state index contributed by atoms with van der Waals surface area (Å²) in [6, 6.07) is 4.38. The number of anilines is 1. The van der Waals surface area contributed by atoms with Crippen molar-refractivity contribution < 1.29 is 18.0 Å². The maximum Gasteiger partial charge on any atom is 0.417 e. The second-order valence-electron chi connectivity index (χ2n) is 5.37. The lowest BCUT2D eigenvalue weighted by Crippen LogP contribution is -2.32. The average Bonchev–Trinajstić information content (AvgIpc) is 2.99. The molecule has 3 rings (SSSR count). The van der Waals surface area contributed by atoms with Crippen LogP contribution < -0.4 is 4.90 Å². The van der Waals surface area contributed by atoms with E-state index in [1.807, 2.05) is 0 Å². The summed E-state index contributed by atoms with van der Waals surface area (Å²) in [6.45, 7) is 0.836. The van der Waals surface area contributed by atoms with Crippen LogP contribution in [0, 0.1) is 5.92 Å². The summed E-state index contributed by atoms with van der Waals surface area (Å²) in [7, 11) is 0. The molecule has 0 radical (unpaired) electrons. The van der Waals surface area contributed by atoms with E-state index in [0.717, 1.165) is 25.5 Å². The number of nitrogens with zero attached hydrogens (tertiary/aromatic N) is 1. The Kier molecular flexibility index (Phi) is 2.80. The Labute approximate surface area is 109 Å². The van der Waals surface area contributed by atoms with Crippen LogP contribution in [-0.4, -0.2) is 18.9 Å². The van der Waals surface area contributed by atoms with Crippen molar-refractivity contribution in [2.24, 2.45) is 5.92 Å². The van der Waals surface area contributed by atoms with Gasteiger partial charge >= 0.3 is 6.18 Å². The van der Waals surface area contributed by atoms with Gasteiger partial charge in [0.15, 0.2) is 6.29 Å². The third-order valence-corrected chi connectivity index (χ3v) is 4.21. The summed E-state index contributed by atoms with van der Waals surface area (Å²) in [5.74, 6) is 0.616. The topological polar surface area (TPSA) is 20.3 Å². The van der Waals surface area contributed by atoms with E-state index >= 15 is 0 Å². The highest BCUT2D eigenvalue weighted by molar-refractivity contribution is 5.79. The third kappa shape index (κ3) is 2.11. The van der Waals surface area contributed by atoms with Crippen LogP contribution >= 0.6 is 0 Å². The molecule has 0 spiro atoms. The minimum absolute atomic E-state index is 0.267. The predicted molar refractivity (Wildman–Crippen MR) is 65.3 cm³/mol. The molecule has 1 saturated carbocycles.